The molecule has 1 amide bonds. The quantitative estimate of drug-likeness (QED) is 0.843. The minimum Gasteiger partial charge on any atom is -0.489 e. The smallest absolute Gasteiger partial charge is 0.223 e. The lowest BCUT2D eigenvalue weighted by Crippen LogP contribution is -2.44. The summed E-state index contributed by atoms with van der Waals surface area (Å²) in [5.74, 6) is 1.12. The zero-order chi connectivity index (χ0) is 15.9. The first kappa shape index (κ1) is 15.6. The molecule has 0 N–H and O–H groups in total. The van der Waals surface area contributed by atoms with Gasteiger partial charge in [-0.15, -0.1) is 0 Å². The molecule has 1 unspecified atom stereocenters. The number of para-hydroxylation sites is 1. The van der Waals surface area contributed by atoms with Crippen LogP contribution in [-0.4, -0.2) is 30.0 Å². The van der Waals surface area contributed by atoms with E-state index < -0.39 is 0 Å². The first-order valence-corrected chi connectivity index (χ1v) is 8.34. The van der Waals surface area contributed by atoms with Crippen LogP contribution < -0.4 is 4.74 Å². The van der Waals surface area contributed by atoms with Gasteiger partial charge in [-0.1, -0.05) is 48.5 Å². The molecular formula is C20H23NO2. The highest BCUT2D eigenvalue weighted by Gasteiger charge is 2.24. The second-order valence-corrected chi connectivity index (χ2v) is 6.02. The predicted molar refractivity (Wildman–Crippen MR) is 91.4 cm³/mol. The van der Waals surface area contributed by atoms with Crippen molar-refractivity contribution < 1.29 is 9.53 Å². The molecule has 0 bridgehead atoms. The fourth-order valence-electron chi connectivity index (χ4n) is 3.01. The summed E-state index contributed by atoms with van der Waals surface area (Å²) >= 11 is 0. The maximum Gasteiger partial charge on any atom is 0.223 e. The second kappa shape index (κ2) is 7.82. The number of piperidine rings is 1. The van der Waals surface area contributed by atoms with Crippen LogP contribution in [0, 0.1) is 0 Å². The molecule has 3 rings (SSSR count). The topological polar surface area (TPSA) is 29.5 Å². The molecule has 1 aliphatic rings. The van der Waals surface area contributed by atoms with Crippen LogP contribution >= 0.6 is 0 Å². The fourth-order valence-corrected chi connectivity index (χ4v) is 3.01. The minimum atomic E-state index is 0.104. The maximum atomic E-state index is 12.4. The van der Waals surface area contributed by atoms with Crippen molar-refractivity contribution in [3.8, 4) is 5.75 Å². The molecule has 0 aliphatic carbocycles. The molecule has 3 heteroatoms. The average Bonchev–Trinajstić information content (AvgIpc) is 2.62. The van der Waals surface area contributed by atoms with E-state index in [0.29, 0.717) is 13.0 Å². The molecule has 0 spiro atoms. The van der Waals surface area contributed by atoms with Crippen LogP contribution in [0.15, 0.2) is 60.7 Å². The van der Waals surface area contributed by atoms with E-state index in [-0.39, 0.29) is 12.0 Å². The number of hydrogen-bond donors (Lipinski definition) is 0. The first-order valence-electron chi connectivity index (χ1n) is 8.34. The lowest BCUT2D eigenvalue weighted by molar-refractivity contribution is -0.133. The number of hydrogen-bond acceptors (Lipinski definition) is 2. The number of amides is 1. The van der Waals surface area contributed by atoms with Crippen molar-refractivity contribution in [3.63, 3.8) is 0 Å². The molecule has 1 fully saturated rings. The largest absolute Gasteiger partial charge is 0.489 e. The van der Waals surface area contributed by atoms with Gasteiger partial charge in [-0.2, -0.15) is 0 Å². The predicted octanol–water partition coefficient (Wildman–Crippen LogP) is 3.69. The molecule has 1 atom stereocenters. The molecule has 2 aromatic carbocycles. The van der Waals surface area contributed by atoms with Crippen LogP contribution in [0.3, 0.4) is 0 Å². The van der Waals surface area contributed by atoms with Crippen molar-refractivity contribution >= 4 is 5.91 Å². The van der Waals surface area contributed by atoms with Crippen molar-refractivity contribution in [1.29, 1.82) is 0 Å². The summed E-state index contributed by atoms with van der Waals surface area (Å²) < 4.78 is 6.00. The van der Waals surface area contributed by atoms with Gasteiger partial charge in [-0.25, -0.2) is 0 Å². The number of carbonyl (C=O) groups excluding carboxylic acids is 1. The Morgan fingerprint density at radius 3 is 2.48 bits per heavy atom. The van der Waals surface area contributed by atoms with Gasteiger partial charge in [0.05, 0.1) is 6.54 Å². The van der Waals surface area contributed by atoms with Gasteiger partial charge < -0.3 is 9.64 Å². The molecule has 0 radical (unpaired) electrons. The van der Waals surface area contributed by atoms with E-state index in [4.69, 9.17) is 4.74 Å². The zero-order valence-corrected chi connectivity index (χ0v) is 13.4. The van der Waals surface area contributed by atoms with E-state index in [1.54, 1.807) is 0 Å². The highest BCUT2D eigenvalue weighted by atomic mass is 16.5. The first-order chi connectivity index (χ1) is 11.3. The van der Waals surface area contributed by atoms with E-state index in [1.807, 2.05) is 53.4 Å². The minimum absolute atomic E-state index is 0.104. The molecule has 0 saturated carbocycles. The van der Waals surface area contributed by atoms with Gasteiger partial charge in [0.15, 0.2) is 0 Å². The summed E-state index contributed by atoms with van der Waals surface area (Å²) in [6.45, 7) is 1.55. The normalized spacial score (nSPS) is 17.7. The van der Waals surface area contributed by atoms with Crippen LogP contribution in [0.25, 0.3) is 0 Å². The summed E-state index contributed by atoms with van der Waals surface area (Å²) in [7, 11) is 0. The standard InChI is InChI=1S/C20H23NO2/c22-20(14-13-17-8-3-1-4-9-17)21-15-7-12-19(16-21)23-18-10-5-2-6-11-18/h1-6,8-11,19H,7,12-16H2. The SMILES string of the molecule is O=C(CCc1ccccc1)N1CCCC(Oc2ccccc2)C1. The summed E-state index contributed by atoms with van der Waals surface area (Å²) in [6, 6.07) is 20.0. The molecule has 0 aromatic heterocycles. The van der Waals surface area contributed by atoms with Crippen LogP contribution in [0.2, 0.25) is 0 Å². The van der Waals surface area contributed by atoms with Crippen LogP contribution in [-0.2, 0) is 11.2 Å². The third-order valence-electron chi connectivity index (χ3n) is 4.25. The van der Waals surface area contributed by atoms with Gasteiger partial charge in [0.25, 0.3) is 0 Å². The maximum absolute atomic E-state index is 12.4. The summed E-state index contributed by atoms with van der Waals surface area (Å²) in [4.78, 5) is 14.4. The fraction of sp³-hybridized carbons (Fsp3) is 0.350. The van der Waals surface area contributed by atoms with Crippen molar-refractivity contribution in [2.24, 2.45) is 0 Å². The second-order valence-electron chi connectivity index (χ2n) is 6.02. The van der Waals surface area contributed by atoms with Gasteiger partial charge in [-0.3, -0.25) is 4.79 Å². The van der Waals surface area contributed by atoms with E-state index >= 15 is 0 Å². The monoisotopic (exact) mass is 309 g/mol. The summed E-state index contributed by atoms with van der Waals surface area (Å²) in [5.41, 5.74) is 1.22. The number of ether oxygens (including phenoxy) is 1. The Labute approximate surface area is 137 Å². The highest BCUT2D eigenvalue weighted by Crippen LogP contribution is 2.19. The Hall–Kier alpha value is -2.29. The van der Waals surface area contributed by atoms with E-state index in [0.717, 1.165) is 31.6 Å². The molecule has 3 nitrogen and oxygen atoms in total. The van der Waals surface area contributed by atoms with Crippen LogP contribution in [0.4, 0.5) is 0 Å². The third kappa shape index (κ3) is 4.59. The van der Waals surface area contributed by atoms with Crippen LogP contribution in [0.5, 0.6) is 5.75 Å². The Balaban J connectivity index is 1.50. The Kier molecular flexibility index (Phi) is 5.30. The number of benzene rings is 2. The number of aryl methyl sites for hydroxylation is 1. The van der Waals surface area contributed by atoms with E-state index in [1.165, 1.54) is 5.56 Å². The number of likely N-dealkylation sites (tertiary alicyclic amines) is 1. The highest BCUT2D eigenvalue weighted by molar-refractivity contribution is 5.76. The molecule has 23 heavy (non-hydrogen) atoms. The molecular weight excluding hydrogens is 286 g/mol. The molecule has 120 valence electrons. The average molecular weight is 309 g/mol. The Morgan fingerprint density at radius 1 is 1.04 bits per heavy atom. The van der Waals surface area contributed by atoms with Crippen molar-refractivity contribution in [2.45, 2.75) is 31.8 Å². The lowest BCUT2D eigenvalue weighted by Gasteiger charge is -2.33. The lowest BCUT2D eigenvalue weighted by atomic mass is 10.1. The van der Waals surface area contributed by atoms with Crippen molar-refractivity contribution in [1.82, 2.24) is 4.90 Å². The van der Waals surface area contributed by atoms with Crippen molar-refractivity contribution in [3.05, 3.63) is 66.2 Å². The van der Waals surface area contributed by atoms with Gasteiger partial charge in [0, 0.05) is 13.0 Å². The van der Waals surface area contributed by atoms with Crippen LogP contribution in [0.1, 0.15) is 24.8 Å². The number of nitrogens with zero attached hydrogens (tertiary/aromatic N) is 1. The summed E-state index contributed by atoms with van der Waals surface area (Å²) in [5, 5.41) is 0. The van der Waals surface area contributed by atoms with E-state index in [2.05, 4.69) is 12.1 Å². The number of carbonyl (C=O) groups is 1. The zero-order valence-electron chi connectivity index (χ0n) is 13.4. The van der Waals surface area contributed by atoms with Gasteiger partial charge in [0.1, 0.15) is 11.9 Å². The number of rotatable bonds is 5. The molecule has 1 heterocycles. The summed E-state index contributed by atoms with van der Waals surface area (Å²) in [6.07, 6.45) is 3.50. The molecule has 2 aromatic rings. The van der Waals surface area contributed by atoms with Gasteiger partial charge >= 0.3 is 0 Å². The van der Waals surface area contributed by atoms with Crippen molar-refractivity contribution in [2.75, 3.05) is 13.1 Å². The van der Waals surface area contributed by atoms with Gasteiger partial charge in [-0.05, 0) is 37.0 Å². The third-order valence-corrected chi connectivity index (χ3v) is 4.25. The molecule has 1 aliphatic heterocycles. The van der Waals surface area contributed by atoms with Gasteiger partial charge in [0.2, 0.25) is 5.91 Å². The molecule has 1 saturated heterocycles. The Bertz CT molecular complexity index is 612. The van der Waals surface area contributed by atoms with E-state index in [9.17, 15) is 4.79 Å². The Morgan fingerprint density at radius 2 is 1.74 bits per heavy atom.